The Morgan fingerprint density at radius 3 is 2.84 bits per heavy atom. The number of halogens is 1. The normalized spacial score (nSPS) is 17.4. The van der Waals surface area contributed by atoms with Crippen LogP contribution in [0.4, 0.5) is 4.39 Å². The van der Waals surface area contributed by atoms with E-state index in [0.717, 1.165) is 29.5 Å². The Labute approximate surface area is 112 Å². The molecule has 19 heavy (non-hydrogen) atoms. The second kappa shape index (κ2) is 5.51. The first-order valence-electron chi connectivity index (χ1n) is 6.52. The van der Waals surface area contributed by atoms with Crippen molar-refractivity contribution in [2.24, 2.45) is 0 Å². The number of rotatable bonds is 4. The molecule has 0 saturated heterocycles. The molecule has 0 radical (unpaired) electrons. The van der Waals surface area contributed by atoms with Gasteiger partial charge in [-0.05, 0) is 41.7 Å². The first-order chi connectivity index (χ1) is 9.33. The van der Waals surface area contributed by atoms with Crippen molar-refractivity contribution < 1.29 is 9.23 Å². The van der Waals surface area contributed by atoms with Crippen LogP contribution in [0.15, 0.2) is 48.5 Å². The summed E-state index contributed by atoms with van der Waals surface area (Å²) in [4.78, 5) is 5.55. The lowest BCUT2D eigenvalue weighted by Gasteiger charge is -2.14. The maximum Gasteiger partial charge on any atom is 0.123 e. The molecule has 0 heterocycles. The lowest BCUT2D eigenvalue weighted by Crippen LogP contribution is -2.19. The summed E-state index contributed by atoms with van der Waals surface area (Å²) in [7, 11) is 0. The molecule has 0 amide bonds. The SMILES string of the molecule is Fc1ccc2c(c1)CCC2NOCc1ccccc1. The van der Waals surface area contributed by atoms with E-state index in [0.29, 0.717) is 6.61 Å². The summed E-state index contributed by atoms with van der Waals surface area (Å²) >= 11 is 0. The Morgan fingerprint density at radius 2 is 2.00 bits per heavy atom. The van der Waals surface area contributed by atoms with E-state index in [1.807, 2.05) is 36.4 Å². The molecule has 0 bridgehead atoms. The molecular weight excluding hydrogens is 241 g/mol. The van der Waals surface area contributed by atoms with E-state index in [9.17, 15) is 4.39 Å². The van der Waals surface area contributed by atoms with E-state index in [-0.39, 0.29) is 11.9 Å². The van der Waals surface area contributed by atoms with Gasteiger partial charge in [0, 0.05) is 0 Å². The van der Waals surface area contributed by atoms with Gasteiger partial charge in [-0.15, -0.1) is 0 Å². The van der Waals surface area contributed by atoms with Gasteiger partial charge in [-0.3, -0.25) is 4.84 Å². The molecule has 98 valence electrons. The Morgan fingerprint density at radius 1 is 1.16 bits per heavy atom. The molecule has 0 spiro atoms. The average molecular weight is 257 g/mol. The predicted molar refractivity (Wildman–Crippen MR) is 71.8 cm³/mol. The first kappa shape index (κ1) is 12.3. The molecule has 0 aliphatic heterocycles. The Hall–Kier alpha value is -1.71. The van der Waals surface area contributed by atoms with E-state index in [2.05, 4.69) is 5.48 Å². The zero-order valence-corrected chi connectivity index (χ0v) is 10.6. The van der Waals surface area contributed by atoms with Gasteiger partial charge >= 0.3 is 0 Å². The summed E-state index contributed by atoms with van der Waals surface area (Å²) in [6.45, 7) is 0.536. The quantitative estimate of drug-likeness (QED) is 0.846. The minimum atomic E-state index is -0.162. The number of nitrogens with one attached hydrogen (secondary N) is 1. The molecule has 3 heteroatoms. The predicted octanol–water partition coefficient (Wildman–Crippen LogP) is 3.53. The fourth-order valence-electron chi connectivity index (χ4n) is 2.51. The minimum absolute atomic E-state index is 0.162. The van der Waals surface area contributed by atoms with Crippen molar-refractivity contribution in [3.8, 4) is 0 Å². The number of fused-ring (bicyclic) bond motifs is 1. The highest BCUT2D eigenvalue weighted by atomic mass is 19.1. The lowest BCUT2D eigenvalue weighted by atomic mass is 10.1. The molecular formula is C16H16FNO. The van der Waals surface area contributed by atoms with Gasteiger partial charge in [-0.25, -0.2) is 4.39 Å². The van der Waals surface area contributed by atoms with Crippen LogP contribution in [0, 0.1) is 5.82 Å². The molecule has 0 aromatic heterocycles. The van der Waals surface area contributed by atoms with E-state index in [1.165, 1.54) is 6.07 Å². The van der Waals surface area contributed by atoms with Crippen LogP contribution in [0.3, 0.4) is 0 Å². The number of benzene rings is 2. The molecule has 1 N–H and O–H groups in total. The summed E-state index contributed by atoms with van der Waals surface area (Å²) in [5.41, 5.74) is 6.45. The monoisotopic (exact) mass is 257 g/mol. The molecule has 0 saturated carbocycles. The van der Waals surface area contributed by atoms with Gasteiger partial charge in [0.25, 0.3) is 0 Å². The van der Waals surface area contributed by atoms with Gasteiger partial charge in [0.05, 0.1) is 12.6 Å². The summed E-state index contributed by atoms with van der Waals surface area (Å²) < 4.78 is 13.1. The lowest BCUT2D eigenvalue weighted by molar-refractivity contribution is 0.00331. The first-order valence-corrected chi connectivity index (χ1v) is 6.52. The molecule has 2 aromatic rings. The highest BCUT2D eigenvalue weighted by molar-refractivity contribution is 5.34. The van der Waals surface area contributed by atoms with Gasteiger partial charge in [0.15, 0.2) is 0 Å². The Balaban J connectivity index is 1.58. The molecule has 1 unspecified atom stereocenters. The fourth-order valence-corrected chi connectivity index (χ4v) is 2.51. The smallest absolute Gasteiger partial charge is 0.123 e. The van der Waals surface area contributed by atoms with Gasteiger partial charge in [0.1, 0.15) is 5.82 Å². The summed E-state index contributed by atoms with van der Waals surface area (Å²) in [6.07, 6.45) is 1.85. The van der Waals surface area contributed by atoms with Gasteiger partial charge in [-0.1, -0.05) is 36.4 Å². The summed E-state index contributed by atoms with van der Waals surface area (Å²) in [6, 6.07) is 15.2. The number of aryl methyl sites for hydroxylation is 1. The van der Waals surface area contributed by atoms with Crippen molar-refractivity contribution in [3.63, 3.8) is 0 Å². The van der Waals surface area contributed by atoms with Crippen LogP contribution in [-0.4, -0.2) is 0 Å². The van der Waals surface area contributed by atoms with E-state index >= 15 is 0 Å². The topological polar surface area (TPSA) is 21.3 Å². The fraction of sp³-hybridized carbons (Fsp3) is 0.250. The van der Waals surface area contributed by atoms with Crippen LogP contribution >= 0.6 is 0 Å². The van der Waals surface area contributed by atoms with Crippen LogP contribution in [0.5, 0.6) is 0 Å². The number of hydrogen-bond donors (Lipinski definition) is 1. The third-order valence-corrected chi connectivity index (χ3v) is 3.49. The standard InChI is InChI=1S/C16H16FNO/c17-14-7-8-15-13(10-14)6-9-16(15)18-19-11-12-4-2-1-3-5-12/h1-5,7-8,10,16,18H,6,9,11H2. The van der Waals surface area contributed by atoms with Crippen molar-refractivity contribution in [1.82, 2.24) is 5.48 Å². The Kier molecular flexibility index (Phi) is 3.58. The highest BCUT2D eigenvalue weighted by Crippen LogP contribution is 2.31. The minimum Gasteiger partial charge on any atom is -0.296 e. The zero-order valence-electron chi connectivity index (χ0n) is 10.6. The van der Waals surface area contributed by atoms with Gasteiger partial charge in [0.2, 0.25) is 0 Å². The molecule has 1 aliphatic carbocycles. The zero-order chi connectivity index (χ0) is 13.1. The number of hydrogen-bond acceptors (Lipinski definition) is 2. The third kappa shape index (κ3) is 2.83. The van der Waals surface area contributed by atoms with Crippen LogP contribution in [0.1, 0.15) is 29.2 Å². The second-order valence-corrected chi connectivity index (χ2v) is 4.83. The van der Waals surface area contributed by atoms with Crippen molar-refractivity contribution in [1.29, 1.82) is 0 Å². The van der Waals surface area contributed by atoms with Gasteiger partial charge in [-0.2, -0.15) is 5.48 Å². The van der Waals surface area contributed by atoms with Crippen LogP contribution in [0.25, 0.3) is 0 Å². The molecule has 3 rings (SSSR count). The average Bonchev–Trinajstić information content (AvgIpc) is 2.82. The Bertz CT molecular complexity index is 556. The third-order valence-electron chi connectivity index (χ3n) is 3.49. The van der Waals surface area contributed by atoms with E-state index < -0.39 is 0 Å². The van der Waals surface area contributed by atoms with E-state index in [1.54, 1.807) is 6.07 Å². The van der Waals surface area contributed by atoms with Crippen LogP contribution in [-0.2, 0) is 17.9 Å². The van der Waals surface area contributed by atoms with Crippen molar-refractivity contribution >= 4 is 0 Å². The molecule has 2 aromatic carbocycles. The highest BCUT2D eigenvalue weighted by Gasteiger charge is 2.22. The van der Waals surface area contributed by atoms with Crippen LogP contribution < -0.4 is 5.48 Å². The van der Waals surface area contributed by atoms with Crippen molar-refractivity contribution in [2.75, 3.05) is 0 Å². The van der Waals surface area contributed by atoms with Crippen LogP contribution in [0.2, 0.25) is 0 Å². The van der Waals surface area contributed by atoms with Gasteiger partial charge < -0.3 is 0 Å². The van der Waals surface area contributed by atoms with E-state index in [4.69, 9.17) is 4.84 Å². The summed E-state index contributed by atoms with van der Waals surface area (Å²) in [5.74, 6) is -0.162. The number of hydroxylamine groups is 1. The maximum atomic E-state index is 13.1. The molecule has 1 atom stereocenters. The van der Waals surface area contributed by atoms with Crippen molar-refractivity contribution in [2.45, 2.75) is 25.5 Å². The van der Waals surface area contributed by atoms with Crippen molar-refractivity contribution in [3.05, 3.63) is 71.0 Å². The maximum absolute atomic E-state index is 13.1. The second-order valence-electron chi connectivity index (χ2n) is 4.83. The largest absolute Gasteiger partial charge is 0.296 e. The molecule has 1 aliphatic rings. The molecule has 0 fully saturated rings. The molecule has 2 nitrogen and oxygen atoms in total. The summed E-state index contributed by atoms with van der Waals surface area (Å²) in [5, 5.41) is 0.